The molecule has 1 aliphatic heterocycles. The summed E-state index contributed by atoms with van der Waals surface area (Å²) in [5.74, 6) is 0. The first-order valence-corrected chi connectivity index (χ1v) is 9.12. The van der Waals surface area contributed by atoms with E-state index in [1.807, 2.05) is 0 Å². The molecule has 140 valence electrons. The molecule has 1 saturated carbocycles. The second kappa shape index (κ2) is 6.47. The van der Waals surface area contributed by atoms with Crippen LogP contribution >= 0.6 is 0 Å². The van der Waals surface area contributed by atoms with Crippen molar-refractivity contribution in [1.82, 2.24) is 0 Å². The summed E-state index contributed by atoms with van der Waals surface area (Å²) in [5.41, 5.74) is 12.9. The second-order valence-corrected chi connectivity index (χ2v) is 8.02. The Labute approximate surface area is 147 Å². The minimum Gasteiger partial charge on any atom is -0.371 e. The van der Waals surface area contributed by atoms with Crippen molar-refractivity contribution >= 4 is 5.69 Å². The lowest BCUT2D eigenvalue weighted by atomic mass is 9.59. The number of hydrogen-bond donors (Lipinski definition) is 2. The van der Waals surface area contributed by atoms with Crippen LogP contribution in [-0.4, -0.2) is 24.7 Å². The third-order valence-electron chi connectivity index (χ3n) is 6.40. The topological polar surface area (TPSA) is 55.3 Å². The summed E-state index contributed by atoms with van der Waals surface area (Å²) in [5, 5.41) is 0. The Morgan fingerprint density at radius 2 is 1.76 bits per heavy atom. The number of rotatable bonds is 2. The van der Waals surface area contributed by atoms with Gasteiger partial charge in [-0.25, -0.2) is 0 Å². The number of alkyl halides is 3. The minimum absolute atomic E-state index is 0.0150. The van der Waals surface area contributed by atoms with Gasteiger partial charge in [0.1, 0.15) is 0 Å². The first-order chi connectivity index (χ1) is 11.7. The molecule has 1 aromatic carbocycles. The van der Waals surface area contributed by atoms with Gasteiger partial charge in [0.15, 0.2) is 0 Å². The molecule has 0 radical (unpaired) electrons. The van der Waals surface area contributed by atoms with E-state index in [0.29, 0.717) is 0 Å². The van der Waals surface area contributed by atoms with Gasteiger partial charge in [0, 0.05) is 35.8 Å². The smallest absolute Gasteiger partial charge is 0.371 e. The Morgan fingerprint density at radius 1 is 1.08 bits per heavy atom. The van der Waals surface area contributed by atoms with Crippen LogP contribution in [0.4, 0.5) is 18.9 Å². The molecule has 3 unspecified atom stereocenters. The fourth-order valence-electron chi connectivity index (χ4n) is 4.68. The molecule has 0 bridgehead atoms. The number of anilines is 1. The summed E-state index contributed by atoms with van der Waals surface area (Å²) in [6.07, 6.45) is 1.78. The van der Waals surface area contributed by atoms with Crippen molar-refractivity contribution in [1.29, 1.82) is 0 Å². The number of piperidine rings is 1. The standard InChI is InChI=1S/C19H28F3N3/c1-17(18(24)11-3-2-5-16(18)23)10-4-12-25(13-17)15-8-6-14(7-9-15)19(20,21)22/h6-9,16H,2-5,10-13,23-24H2,1H3. The third-order valence-corrected chi connectivity index (χ3v) is 6.40. The molecule has 0 spiro atoms. The van der Waals surface area contributed by atoms with Crippen LogP contribution in [0.1, 0.15) is 51.0 Å². The Kier molecular flexibility index (Phi) is 4.79. The predicted molar refractivity (Wildman–Crippen MR) is 94.4 cm³/mol. The van der Waals surface area contributed by atoms with Gasteiger partial charge in [-0.15, -0.1) is 0 Å². The summed E-state index contributed by atoms with van der Waals surface area (Å²) in [4.78, 5) is 2.17. The quantitative estimate of drug-likeness (QED) is 0.846. The zero-order valence-electron chi connectivity index (χ0n) is 14.8. The average molecular weight is 355 g/mol. The molecule has 1 heterocycles. The van der Waals surface area contributed by atoms with E-state index in [1.165, 1.54) is 0 Å². The van der Waals surface area contributed by atoms with E-state index in [4.69, 9.17) is 11.5 Å². The van der Waals surface area contributed by atoms with Crippen LogP contribution in [-0.2, 0) is 6.18 Å². The van der Waals surface area contributed by atoms with Gasteiger partial charge in [0.25, 0.3) is 0 Å². The Morgan fingerprint density at radius 3 is 2.36 bits per heavy atom. The summed E-state index contributed by atoms with van der Waals surface area (Å²) in [6.45, 7) is 3.78. The normalized spacial score (nSPS) is 34.2. The van der Waals surface area contributed by atoms with Crippen molar-refractivity contribution in [2.75, 3.05) is 18.0 Å². The van der Waals surface area contributed by atoms with Gasteiger partial charge in [-0.3, -0.25) is 0 Å². The number of nitrogens with zero attached hydrogens (tertiary/aromatic N) is 1. The molecule has 3 atom stereocenters. The summed E-state index contributed by atoms with van der Waals surface area (Å²) in [6, 6.07) is 5.44. The van der Waals surface area contributed by atoms with Crippen LogP contribution < -0.4 is 16.4 Å². The molecule has 0 aromatic heterocycles. The van der Waals surface area contributed by atoms with Crippen LogP contribution in [0.2, 0.25) is 0 Å². The van der Waals surface area contributed by atoms with Crippen molar-refractivity contribution in [2.45, 2.75) is 63.2 Å². The maximum Gasteiger partial charge on any atom is 0.416 e. The zero-order valence-corrected chi connectivity index (χ0v) is 14.8. The lowest BCUT2D eigenvalue weighted by Gasteiger charge is -2.56. The number of nitrogens with two attached hydrogens (primary N) is 2. The fraction of sp³-hybridized carbons (Fsp3) is 0.684. The molecule has 25 heavy (non-hydrogen) atoms. The van der Waals surface area contributed by atoms with Gasteiger partial charge in [-0.2, -0.15) is 13.2 Å². The van der Waals surface area contributed by atoms with Crippen LogP contribution in [0.3, 0.4) is 0 Å². The van der Waals surface area contributed by atoms with E-state index >= 15 is 0 Å². The van der Waals surface area contributed by atoms with E-state index in [9.17, 15) is 13.2 Å². The lowest BCUT2D eigenvalue weighted by molar-refractivity contribution is -0.137. The molecule has 3 nitrogen and oxygen atoms in total. The largest absolute Gasteiger partial charge is 0.416 e. The van der Waals surface area contributed by atoms with E-state index in [1.54, 1.807) is 12.1 Å². The highest BCUT2D eigenvalue weighted by Gasteiger charge is 2.51. The zero-order chi connectivity index (χ0) is 18.3. The molecule has 2 aliphatic rings. The Balaban J connectivity index is 1.81. The molecule has 3 rings (SSSR count). The van der Waals surface area contributed by atoms with Crippen LogP contribution in [0.25, 0.3) is 0 Å². The third kappa shape index (κ3) is 3.38. The van der Waals surface area contributed by atoms with Crippen molar-refractivity contribution in [2.24, 2.45) is 16.9 Å². The molecular weight excluding hydrogens is 327 g/mol. The van der Waals surface area contributed by atoms with Crippen LogP contribution in [0.5, 0.6) is 0 Å². The number of benzene rings is 1. The van der Waals surface area contributed by atoms with Crippen LogP contribution in [0.15, 0.2) is 24.3 Å². The molecule has 4 N–H and O–H groups in total. The van der Waals surface area contributed by atoms with Crippen molar-refractivity contribution in [3.05, 3.63) is 29.8 Å². The first kappa shape index (κ1) is 18.5. The highest BCUT2D eigenvalue weighted by molar-refractivity contribution is 5.49. The van der Waals surface area contributed by atoms with Gasteiger partial charge in [0.2, 0.25) is 0 Å². The molecular formula is C19H28F3N3. The predicted octanol–water partition coefficient (Wildman–Crippen LogP) is 3.91. The summed E-state index contributed by atoms with van der Waals surface area (Å²) < 4.78 is 38.3. The first-order valence-electron chi connectivity index (χ1n) is 9.12. The Bertz CT molecular complexity index is 601. The van der Waals surface area contributed by atoms with E-state index in [0.717, 1.165) is 69.4 Å². The van der Waals surface area contributed by atoms with E-state index in [2.05, 4.69) is 11.8 Å². The van der Waals surface area contributed by atoms with E-state index < -0.39 is 17.3 Å². The van der Waals surface area contributed by atoms with Crippen molar-refractivity contribution in [3.8, 4) is 0 Å². The Hall–Kier alpha value is -1.27. The summed E-state index contributed by atoms with van der Waals surface area (Å²) >= 11 is 0. The molecule has 1 aliphatic carbocycles. The average Bonchev–Trinajstić information content (AvgIpc) is 2.57. The lowest BCUT2D eigenvalue weighted by Crippen LogP contribution is -2.69. The van der Waals surface area contributed by atoms with Crippen molar-refractivity contribution in [3.63, 3.8) is 0 Å². The molecule has 0 amide bonds. The van der Waals surface area contributed by atoms with Gasteiger partial charge in [-0.05, 0) is 49.9 Å². The molecule has 1 saturated heterocycles. The number of halogens is 3. The van der Waals surface area contributed by atoms with Gasteiger partial charge in [0.05, 0.1) is 5.56 Å². The monoisotopic (exact) mass is 355 g/mol. The van der Waals surface area contributed by atoms with Gasteiger partial charge in [-0.1, -0.05) is 19.8 Å². The molecule has 6 heteroatoms. The fourth-order valence-corrected chi connectivity index (χ4v) is 4.68. The van der Waals surface area contributed by atoms with Crippen LogP contribution in [0, 0.1) is 5.41 Å². The minimum atomic E-state index is -4.30. The van der Waals surface area contributed by atoms with E-state index in [-0.39, 0.29) is 11.5 Å². The van der Waals surface area contributed by atoms with Gasteiger partial charge < -0.3 is 16.4 Å². The maximum absolute atomic E-state index is 12.8. The second-order valence-electron chi connectivity index (χ2n) is 8.02. The highest BCUT2D eigenvalue weighted by Crippen LogP contribution is 2.46. The maximum atomic E-state index is 12.8. The molecule has 1 aromatic rings. The van der Waals surface area contributed by atoms with Gasteiger partial charge >= 0.3 is 6.18 Å². The van der Waals surface area contributed by atoms with Crippen molar-refractivity contribution < 1.29 is 13.2 Å². The number of hydrogen-bond acceptors (Lipinski definition) is 3. The molecule has 2 fully saturated rings. The SMILES string of the molecule is CC1(C2(N)CCCCC2N)CCCN(c2ccc(C(F)(F)F)cc2)C1. The highest BCUT2D eigenvalue weighted by atomic mass is 19.4. The summed E-state index contributed by atoms with van der Waals surface area (Å²) in [7, 11) is 0.